The van der Waals surface area contributed by atoms with Crippen LogP contribution in [0.4, 0.5) is 0 Å². The molecule has 2 rings (SSSR count). The summed E-state index contributed by atoms with van der Waals surface area (Å²) in [5.41, 5.74) is 1.78. The van der Waals surface area contributed by atoms with Crippen LogP contribution in [0, 0.1) is 6.07 Å². The maximum absolute atomic E-state index is 9.97. The largest absolute Gasteiger partial charge is 0.384 e. The first-order valence-electron chi connectivity index (χ1n) is 4.57. The Morgan fingerprint density at radius 1 is 0.929 bits per heavy atom. The van der Waals surface area contributed by atoms with Crippen molar-refractivity contribution in [3.63, 3.8) is 0 Å². The van der Waals surface area contributed by atoms with Gasteiger partial charge >= 0.3 is 0 Å². The molecule has 1 radical (unpaired) electrons. The SMILES string of the molecule is OC(c1c[c]ccc1)c1ccccc1. The molecule has 0 spiro atoms. The van der Waals surface area contributed by atoms with Gasteiger partial charge in [0.05, 0.1) is 0 Å². The van der Waals surface area contributed by atoms with Crippen LogP contribution in [0.3, 0.4) is 0 Å². The predicted octanol–water partition coefficient (Wildman–Crippen LogP) is 2.57. The maximum atomic E-state index is 9.97. The van der Waals surface area contributed by atoms with Gasteiger partial charge in [0.15, 0.2) is 0 Å². The fourth-order valence-corrected chi connectivity index (χ4v) is 1.41. The molecule has 1 heteroatoms. The average Bonchev–Trinajstić information content (AvgIpc) is 2.30. The molecular formula is C13H11O. The third-order valence-corrected chi connectivity index (χ3v) is 2.16. The Hall–Kier alpha value is -1.60. The van der Waals surface area contributed by atoms with E-state index in [4.69, 9.17) is 0 Å². The smallest absolute Gasteiger partial charge is 0.104 e. The van der Waals surface area contributed by atoms with Crippen molar-refractivity contribution in [1.82, 2.24) is 0 Å². The third-order valence-electron chi connectivity index (χ3n) is 2.16. The van der Waals surface area contributed by atoms with Gasteiger partial charge in [-0.05, 0) is 23.3 Å². The van der Waals surface area contributed by atoms with E-state index in [2.05, 4.69) is 6.07 Å². The number of rotatable bonds is 2. The zero-order chi connectivity index (χ0) is 9.80. The minimum atomic E-state index is -0.548. The van der Waals surface area contributed by atoms with Gasteiger partial charge in [0.25, 0.3) is 0 Å². The second-order valence-corrected chi connectivity index (χ2v) is 3.15. The van der Waals surface area contributed by atoms with Crippen molar-refractivity contribution < 1.29 is 5.11 Å². The highest BCUT2D eigenvalue weighted by Crippen LogP contribution is 2.20. The van der Waals surface area contributed by atoms with Crippen molar-refractivity contribution in [2.24, 2.45) is 0 Å². The van der Waals surface area contributed by atoms with Crippen molar-refractivity contribution in [2.75, 3.05) is 0 Å². The van der Waals surface area contributed by atoms with E-state index in [-0.39, 0.29) is 0 Å². The monoisotopic (exact) mass is 183 g/mol. The van der Waals surface area contributed by atoms with Gasteiger partial charge in [-0.1, -0.05) is 48.5 Å². The van der Waals surface area contributed by atoms with E-state index in [9.17, 15) is 5.11 Å². The van der Waals surface area contributed by atoms with Crippen LogP contribution in [0.1, 0.15) is 17.2 Å². The Balaban J connectivity index is 2.30. The molecule has 0 heterocycles. The first kappa shape index (κ1) is 8.97. The second-order valence-electron chi connectivity index (χ2n) is 3.15. The third kappa shape index (κ3) is 1.83. The standard InChI is InChI=1S/C13H11O/c14-13(11-7-3-1-4-8-11)12-9-5-2-6-10-12/h1-5,7-10,13-14H. The maximum Gasteiger partial charge on any atom is 0.104 e. The summed E-state index contributed by atoms with van der Waals surface area (Å²) in [5.74, 6) is 0. The number of aliphatic hydroxyl groups is 1. The van der Waals surface area contributed by atoms with Gasteiger partial charge in [-0.25, -0.2) is 0 Å². The molecule has 1 N–H and O–H groups in total. The lowest BCUT2D eigenvalue weighted by Gasteiger charge is -2.10. The first-order chi connectivity index (χ1) is 6.88. The number of hydrogen-bond acceptors (Lipinski definition) is 1. The quantitative estimate of drug-likeness (QED) is 0.758. The van der Waals surface area contributed by atoms with E-state index in [0.29, 0.717) is 0 Å². The lowest BCUT2D eigenvalue weighted by molar-refractivity contribution is 0.220. The Kier molecular flexibility index (Phi) is 2.61. The van der Waals surface area contributed by atoms with Gasteiger partial charge in [0.1, 0.15) is 6.10 Å². The van der Waals surface area contributed by atoms with E-state index in [1.807, 2.05) is 48.5 Å². The fourth-order valence-electron chi connectivity index (χ4n) is 1.41. The summed E-state index contributed by atoms with van der Waals surface area (Å²) in [6, 6.07) is 20.0. The van der Waals surface area contributed by atoms with E-state index in [1.165, 1.54) is 0 Å². The van der Waals surface area contributed by atoms with Gasteiger partial charge in [-0.3, -0.25) is 0 Å². The summed E-state index contributed by atoms with van der Waals surface area (Å²) in [5, 5.41) is 9.97. The summed E-state index contributed by atoms with van der Waals surface area (Å²) >= 11 is 0. The van der Waals surface area contributed by atoms with Crippen molar-refractivity contribution in [3.8, 4) is 0 Å². The Morgan fingerprint density at radius 2 is 1.64 bits per heavy atom. The molecule has 2 aromatic carbocycles. The van der Waals surface area contributed by atoms with Gasteiger partial charge < -0.3 is 5.11 Å². The molecule has 0 saturated carbocycles. The second kappa shape index (κ2) is 4.07. The molecule has 0 aliphatic carbocycles. The van der Waals surface area contributed by atoms with E-state index < -0.39 is 6.10 Å². The minimum Gasteiger partial charge on any atom is -0.384 e. The predicted molar refractivity (Wildman–Crippen MR) is 55.8 cm³/mol. The van der Waals surface area contributed by atoms with E-state index in [0.717, 1.165) is 11.1 Å². The van der Waals surface area contributed by atoms with Gasteiger partial charge in [0, 0.05) is 0 Å². The zero-order valence-corrected chi connectivity index (χ0v) is 7.72. The van der Waals surface area contributed by atoms with Crippen LogP contribution in [0.15, 0.2) is 54.6 Å². The molecule has 0 bridgehead atoms. The van der Waals surface area contributed by atoms with Crippen LogP contribution >= 0.6 is 0 Å². The number of hydrogen-bond donors (Lipinski definition) is 1. The summed E-state index contributed by atoms with van der Waals surface area (Å²) in [7, 11) is 0. The average molecular weight is 183 g/mol. The number of aliphatic hydroxyl groups excluding tert-OH is 1. The van der Waals surface area contributed by atoms with Crippen LogP contribution in [-0.4, -0.2) is 5.11 Å². The van der Waals surface area contributed by atoms with E-state index in [1.54, 1.807) is 6.07 Å². The van der Waals surface area contributed by atoms with Gasteiger partial charge in [0.2, 0.25) is 0 Å². The molecule has 0 aliphatic heterocycles. The highest BCUT2D eigenvalue weighted by molar-refractivity contribution is 5.28. The summed E-state index contributed by atoms with van der Waals surface area (Å²) < 4.78 is 0. The van der Waals surface area contributed by atoms with Crippen molar-refractivity contribution in [1.29, 1.82) is 0 Å². The molecule has 14 heavy (non-hydrogen) atoms. The Morgan fingerprint density at radius 3 is 2.29 bits per heavy atom. The minimum absolute atomic E-state index is 0.548. The Labute approximate surface area is 83.6 Å². The molecule has 1 atom stereocenters. The molecule has 0 aliphatic rings. The summed E-state index contributed by atoms with van der Waals surface area (Å²) in [4.78, 5) is 0. The lowest BCUT2D eigenvalue weighted by atomic mass is 10.0. The lowest BCUT2D eigenvalue weighted by Crippen LogP contribution is -1.98. The van der Waals surface area contributed by atoms with E-state index >= 15 is 0 Å². The summed E-state index contributed by atoms with van der Waals surface area (Å²) in [6.45, 7) is 0. The van der Waals surface area contributed by atoms with Crippen molar-refractivity contribution in [3.05, 3.63) is 71.8 Å². The molecule has 69 valence electrons. The molecule has 0 amide bonds. The van der Waals surface area contributed by atoms with Crippen LogP contribution in [0.25, 0.3) is 0 Å². The normalized spacial score (nSPS) is 10.4. The fraction of sp³-hybridized carbons (Fsp3) is 0.0769. The number of benzene rings is 2. The first-order valence-corrected chi connectivity index (χ1v) is 4.57. The summed E-state index contributed by atoms with van der Waals surface area (Å²) in [6.07, 6.45) is -0.548. The van der Waals surface area contributed by atoms with Crippen molar-refractivity contribution >= 4 is 0 Å². The molecular weight excluding hydrogens is 172 g/mol. The zero-order valence-electron chi connectivity index (χ0n) is 7.72. The molecule has 1 unspecified atom stereocenters. The van der Waals surface area contributed by atoms with Crippen LogP contribution in [0.2, 0.25) is 0 Å². The molecule has 1 nitrogen and oxygen atoms in total. The van der Waals surface area contributed by atoms with Crippen LogP contribution in [-0.2, 0) is 0 Å². The molecule has 0 fully saturated rings. The molecule has 0 saturated heterocycles. The topological polar surface area (TPSA) is 20.2 Å². The van der Waals surface area contributed by atoms with Gasteiger partial charge in [-0.2, -0.15) is 0 Å². The Bertz CT molecular complexity index is 341. The van der Waals surface area contributed by atoms with Crippen LogP contribution < -0.4 is 0 Å². The van der Waals surface area contributed by atoms with Crippen molar-refractivity contribution in [2.45, 2.75) is 6.10 Å². The molecule has 2 aromatic rings. The molecule has 0 aromatic heterocycles. The van der Waals surface area contributed by atoms with Gasteiger partial charge in [-0.15, -0.1) is 0 Å². The highest BCUT2D eigenvalue weighted by Gasteiger charge is 2.07. The highest BCUT2D eigenvalue weighted by atomic mass is 16.3. The van der Waals surface area contributed by atoms with Crippen LogP contribution in [0.5, 0.6) is 0 Å².